The van der Waals surface area contributed by atoms with Crippen molar-refractivity contribution in [3.05, 3.63) is 94.0 Å². The van der Waals surface area contributed by atoms with Crippen LogP contribution < -0.4 is 9.47 Å². The Balaban J connectivity index is 1.23. The molecule has 3 aliphatic heterocycles. The summed E-state index contributed by atoms with van der Waals surface area (Å²) >= 11 is 0. The van der Waals surface area contributed by atoms with Crippen molar-refractivity contribution in [2.75, 3.05) is 13.2 Å². The van der Waals surface area contributed by atoms with E-state index in [-0.39, 0.29) is 12.1 Å². The molecular weight excluding hydrogens is 1220 g/mol. The predicted molar refractivity (Wildman–Crippen MR) is 277 cm³/mol. The lowest BCUT2D eigenvalue weighted by Crippen LogP contribution is -2.62. The van der Waals surface area contributed by atoms with Gasteiger partial charge in [0.05, 0.1) is 35.5 Å². The molecule has 2 saturated heterocycles. The number of phenolic OH excluding ortho intramolecular Hbond substituents is 16. The van der Waals surface area contributed by atoms with E-state index in [1.165, 1.54) is 0 Å². The molecule has 20 N–H and O–H groups in total. The molecule has 3 heterocycles. The number of esters is 6. The number of carbonyl (C=O) groups excluding carboxylic acids is 6. The molecule has 10 atom stereocenters. The third-order valence-corrected chi connectivity index (χ3v) is 13.5. The summed E-state index contributed by atoms with van der Waals surface area (Å²) in [7, 11) is 0. The van der Waals surface area contributed by atoms with Gasteiger partial charge in [-0.05, 0) is 48.5 Å². The minimum absolute atomic E-state index is 0.283. The van der Waals surface area contributed by atoms with Crippen LogP contribution in [0, 0.1) is 0 Å². The molecule has 9 rings (SSSR count). The Morgan fingerprint density at radius 2 is 0.689 bits per heavy atom. The first-order chi connectivity index (χ1) is 42.4. The lowest BCUT2D eigenvalue weighted by atomic mass is 9.98. The molecule has 0 aliphatic carbocycles. The average molecular weight is 1270 g/mol. The number of carbonyl (C=O) groups is 6. The highest BCUT2D eigenvalue weighted by Gasteiger charge is 2.54. The largest absolute Gasteiger partial charge is 0.504 e. The second-order valence-electron chi connectivity index (χ2n) is 19.3. The maximum atomic E-state index is 14.5. The van der Waals surface area contributed by atoms with Gasteiger partial charge in [-0.3, -0.25) is 0 Å². The molecule has 476 valence electrons. The summed E-state index contributed by atoms with van der Waals surface area (Å²) in [4.78, 5) is 85.2. The van der Waals surface area contributed by atoms with Crippen LogP contribution >= 0.6 is 0 Å². The molecule has 6 aromatic carbocycles. The van der Waals surface area contributed by atoms with Gasteiger partial charge in [-0.1, -0.05) is 0 Å². The molecule has 0 amide bonds. The van der Waals surface area contributed by atoms with Crippen molar-refractivity contribution in [3.63, 3.8) is 0 Å². The van der Waals surface area contributed by atoms with E-state index in [0.717, 1.165) is 0 Å². The van der Waals surface area contributed by atoms with Gasteiger partial charge in [0.1, 0.15) is 35.5 Å². The maximum Gasteiger partial charge on any atom is 0.344 e. The fraction of sp³-hybridized carbons (Fsp3) is 0.222. The number of fused-ring (bicyclic) bond motifs is 8. The average Bonchev–Trinajstić information content (AvgIpc) is 0.861. The molecule has 0 unspecified atom stereocenters. The molecule has 36 heteroatoms. The zero-order valence-electron chi connectivity index (χ0n) is 44.4. The van der Waals surface area contributed by atoms with E-state index in [4.69, 9.17) is 47.4 Å². The second kappa shape index (κ2) is 24.2. The Morgan fingerprint density at radius 3 is 1.01 bits per heavy atom. The Bertz CT molecular complexity index is 3640. The lowest BCUT2D eigenvalue weighted by molar-refractivity contribution is -0.283. The number of ether oxygens (including phenoxy) is 10. The molecule has 6 aromatic rings. The minimum Gasteiger partial charge on any atom is -0.504 e. The highest BCUT2D eigenvalue weighted by molar-refractivity contribution is 5.98. The highest BCUT2D eigenvalue weighted by Crippen LogP contribution is 2.52. The molecule has 3 aliphatic rings. The van der Waals surface area contributed by atoms with E-state index in [0.29, 0.717) is 48.5 Å². The standard InChI is InChI=1S/C54H44O36/c55-11-29-37(71)43(85-47(75)13-1-19(57)31(65)20(58)2-13)45-53(83-29)89-51(79)17-9-25(63)35(69)39(73)41(17)82-28-8-16(6-24(62)34(28)68)50(78)88-46-44(86-48(76)14-3-21(59)32(66)22(60)4-14)38(72)30(12-56)84-54(46)90-52(80)18-10-26(64)36(70)40(74)42(18)81-27-7-15(49(77)87-45)5-23(61)33(27)67/h1-10,29-30,37-38,43-46,53-74H,11-12H2/t29-,30-,37-,38-,43+,44+,45-,46-,53-,54-/m1/s1. The predicted octanol–water partition coefficient (Wildman–Crippen LogP) is 0.246. The second-order valence-corrected chi connectivity index (χ2v) is 19.3. The van der Waals surface area contributed by atoms with Crippen molar-refractivity contribution >= 4 is 35.8 Å². The van der Waals surface area contributed by atoms with Gasteiger partial charge in [-0.25, -0.2) is 28.8 Å². The van der Waals surface area contributed by atoms with Gasteiger partial charge < -0.3 is 149 Å². The molecule has 2 fully saturated rings. The van der Waals surface area contributed by atoms with E-state index in [9.17, 15) is 131 Å². The van der Waals surface area contributed by atoms with Gasteiger partial charge in [-0.2, -0.15) is 0 Å². The first kappa shape index (κ1) is 62.8. The Labute approximate surface area is 496 Å². The molecule has 0 saturated carbocycles. The van der Waals surface area contributed by atoms with Gasteiger partial charge in [0.25, 0.3) is 0 Å². The SMILES string of the molecule is O=C1O[C@H]2[C@@H](OC(=O)c3cc(O)c(O)c(O)c3Oc3cc(cc(O)c3O)C(=O)O[C@H]3[C@@H](OC(=O)c4cc(O)c(O)c(O)c4Oc4cc1cc(O)c4O)O[C@H](CO)[C@@H](O)[C@@H]3OC(=O)c1cc(O)c(O)c(O)c1)O[C@H](CO)[C@@H](O)[C@@H]2OC(=O)c1cc(O)c(O)c(O)c1. The maximum absolute atomic E-state index is 14.5. The van der Waals surface area contributed by atoms with Crippen LogP contribution in [0.15, 0.2) is 60.7 Å². The number of phenols is 16. The lowest BCUT2D eigenvalue weighted by Gasteiger charge is -2.42. The summed E-state index contributed by atoms with van der Waals surface area (Å²) in [5, 5.41) is 214. The number of aliphatic hydroxyl groups excluding tert-OH is 4. The fourth-order valence-corrected chi connectivity index (χ4v) is 8.90. The van der Waals surface area contributed by atoms with Crippen molar-refractivity contribution in [2.45, 2.75) is 61.4 Å². The van der Waals surface area contributed by atoms with E-state index in [2.05, 4.69) is 0 Å². The highest BCUT2D eigenvalue weighted by atomic mass is 16.8. The van der Waals surface area contributed by atoms with Crippen LogP contribution in [0.2, 0.25) is 0 Å². The number of hydrogen-bond acceptors (Lipinski definition) is 36. The van der Waals surface area contributed by atoms with E-state index >= 15 is 0 Å². The summed E-state index contributed by atoms with van der Waals surface area (Å²) < 4.78 is 55.0. The zero-order valence-corrected chi connectivity index (χ0v) is 44.4. The van der Waals surface area contributed by atoms with Gasteiger partial charge in [0.15, 0.2) is 92.7 Å². The monoisotopic (exact) mass is 1270 g/mol. The smallest absolute Gasteiger partial charge is 0.344 e. The van der Waals surface area contributed by atoms with Crippen LogP contribution in [-0.2, 0) is 37.9 Å². The summed E-state index contributed by atoms with van der Waals surface area (Å²) in [6, 6.07) is 4.28. The zero-order chi connectivity index (χ0) is 65.8. The quantitative estimate of drug-likeness (QED) is 0.0603. The van der Waals surface area contributed by atoms with Crippen LogP contribution in [0.5, 0.6) is 115 Å². The summed E-state index contributed by atoms with van der Waals surface area (Å²) in [5.74, 6) is -37.8. The molecule has 0 aromatic heterocycles. The third kappa shape index (κ3) is 11.7. The van der Waals surface area contributed by atoms with Gasteiger partial charge in [0, 0.05) is 12.1 Å². The number of aromatic hydroxyl groups is 16. The molecular formula is C54H44O36. The summed E-state index contributed by atoms with van der Waals surface area (Å²) in [6.07, 6.45) is -24.7. The summed E-state index contributed by atoms with van der Waals surface area (Å²) in [6.45, 7) is -2.60. The molecule has 0 spiro atoms. The first-order valence-corrected chi connectivity index (χ1v) is 25.1. The van der Waals surface area contributed by atoms with Gasteiger partial charge in [-0.15, -0.1) is 0 Å². The van der Waals surface area contributed by atoms with Crippen LogP contribution in [0.25, 0.3) is 0 Å². The van der Waals surface area contributed by atoms with E-state index in [1.807, 2.05) is 0 Å². The molecule has 0 radical (unpaired) electrons. The number of hydrogen-bond donors (Lipinski definition) is 20. The Hall–Kier alpha value is -11.7. The number of rotatable bonds is 6. The number of benzene rings is 6. The summed E-state index contributed by atoms with van der Waals surface area (Å²) in [5.41, 5.74) is -6.34. The molecule has 36 nitrogen and oxygen atoms in total. The van der Waals surface area contributed by atoms with Crippen molar-refractivity contribution < 1.29 is 178 Å². The van der Waals surface area contributed by atoms with Gasteiger partial charge in [0.2, 0.25) is 59.3 Å². The normalized spacial score (nSPS) is 22.8. The van der Waals surface area contributed by atoms with Crippen molar-refractivity contribution in [3.8, 4) is 115 Å². The van der Waals surface area contributed by atoms with Crippen molar-refractivity contribution in [1.82, 2.24) is 0 Å². The van der Waals surface area contributed by atoms with Crippen LogP contribution in [-0.4, -0.2) is 213 Å². The van der Waals surface area contributed by atoms with Crippen LogP contribution in [0.3, 0.4) is 0 Å². The Morgan fingerprint density at radius 1 is 0.378 bits per heavy atom. The fourth-order valence-electron chi connectivity index (χ4n) is 8.90. The number of aliphatic hydroxyl groups is 4. The van der Waals surface area contributed by atoms with E-state index in [1.54, 1.807) is 0 Å². The third-order valence-electron chi connectivity index (χ3n) is 13.5. The van der Waals surface area contributed by atoms with Gasteiger partial charge >= 0.3 is 35.8 Å². The van der Waals surface area contributed by atoms with Crippen molar-refractivity contribution in [2.24, 2.45) is 0 Å². The topological polar surface area (TPSA) is 599 Å². The van der Waals surface area contributed by atoms with Crippen LogP contribution in [0.1, 0.15) is 62.1 Å². The van der Waals surface area contributed by atoms with E-state index < -0.39 is 259 Å². The van der Waals surface area contributed by atoms with Crippen molar-refractivity contribution in [1.29, 1.82) is 0 Å². The molecule has 4 bridgehead atoms. The minimum atomic E-state index is -2.69. The Kier molecular flexibility index (Phi) is 16.9. The first-order valence-electron chi connectivity index (χ1n) is 25.1. The molecule has 90 heavy (non-hydrogen) atoms. The van der Waals surface area contributed by atoms with Crippen LogP contribution in [0.4, 0.5) is 0 Å².